The molecule has 22 heavy (non-hydrogen) atoms. The molecule has 2 fully saturated rings. The smallest absolute Gasteiger partial charge is 0.255 e. The van der Waals surface area contributed by atoms with Crippen LogP contribution in [0.1, 0.15) is 48.9 Å². The molecule has 2 heterocycles. The molecule has 1 spiro atoms. The number of hydrogen-bond acceptors (Lipinski definition) is 3. The average molecular weight is 299 g/mol. The van der Waals surface area contributed by atoms with Gasteiger partial charge < -0.3 is 14.5 Å². The van der Waals surface area contributed by atoms with Crippen LogP contribution in [0.2, 0.25) is 0 Å². The van der Waals surface area contributed by atoms with E-state index in [1.54, 1.807) is 6.26 Å². The summed E-state index contributed by atoms with van der Waals surface area (Å²) in [6.07, 6.45) is 8.14. The van der Waals surface area contributed by atoms with Crippen LogP contribution in [-0.2, 0) is 4.74 Å². The summed E-state index contributed by atoms with van der Waals surface area (Å²) >= 11 is 0. The maximum absolute atomic E-state index is 12.6. The SMILES string of the molecule is O=C(NC1CCOC2(CCCC2)C1)c1coc2ccccc12. The highest BCUT2D eigenvalue weighted by Crippen LogP contribution is 2.40. The van der Waals surface area contributed by atoms with E-state index in [2.05, 4.69) is 5.32 Å². The zero-order chi connectivity index (χ0) is 15.0. The number of nitrogens with one attached hydrogen (secondary N) is 1. The van der Waals surface area contributed by atoms with Gasteiger partial charge in [0, 0.05) is 18.0 Å². The second kappa shape index (κ2) is 5.43. The highest BCUT2D eigenvalue weighted by Gasteiger charge is 2.40. The molecule has 2 aromatic rings. The van der Waals surface area contributed by atoms with E-state index in [0.29, 0.717) is 5.56 Å². The van der Waals surface area contributed by atoms with Gasteiger partial charge in [0.25, 0.3) is 5.91 Å². The molecule has 4 heteroatoms. The fourth-order valence-electron chi connectivity index (χ4n) is 3.94. The molecule has 1 aromatic heterocycles. The molecule has 1 aliphatic heterocycles. The van der Waals surface area contributed by atoms with Crippen LogP contribution in [0.3, 0.4) is 0 Å². The maximum atomic E-state index is 12.6. The van der Waals surface area contributed by atoms with Crippen LogP contribution in [0.25, 0.3) is 11.0 Å². The van der Waals surface area contributed by atoms with Crippen LogP contribution in [0.15, 0.2) is 34.9 Å². The number of hydrogen-bond donors (Lipinski definition) is 1. The van der Waals surface area contributed by atoms with Crippen LogP contribution in [0.5, 0.6) is 0 Å². The minimum absolute atomic E-state index is 0.0225. The van der Waals surface area contributed by atoms with Crippen molar-refractivity contribution in [3.63, 3.8) is 0 Å². The lowest BCUT2D eigenvalue weighted by atomic mass is 9.89. The Labute approximate surface area is 129 Å². The molecule has 116 valence electrons. The van der Waals surface area contributed by atoms with Crippen molar-refractivity contribution >= 4 is 16.9 Å². The van der Waals surface area contributed by atoms with Gasteiger partial charge in [-0.25, -0.2) is 0 Å². The lowest BCUT2D eigenvalue weighted by molar-refractivity contribution is -0.0823. The fraction of sp³-hybridized carbons (Fsp3) is 0.500. The van der Waals surface area contributed by atoms with Crippen molar-refractivity contribution in [2.75, 3.05) is 6.61 Å². The molecule has 1 unspecified atom stereocenters. The molecular formula is C18H21NO3. The van der Waals surface area contributed by atoms with Gasteiger partial charge in [-0.2, -0.15) is 0 Å². The van der Waals surface area contributed by atoms with E-state index in [9.17, 15) is 4.79 Å². The Hall–Kier alpha value is -1.81. The monoisotopic (exact) mass is 299 g/mol. The Morgan fingerprint density at radius 3 is 2.91 bits per heavy atom. The second-order valence-corrected chi connectivity index (χ2v) is 6.55. The fourth-order valence-corrected chi connectivity index (χ4v) is 3.94. The van der Waals surface area contributed by atoms with Gasteiger partial charge in [-0.15, -0.1) is 0 Å². The molecule has 1 atom stereocenters. The molecule has 4 nitrogen and oxygen atoms in total. The number of fused-ring (bicyclic) bond motifs is 1. The molecule has 1 amide bonds. The molecule has 1 N–H and O–H groups in total. The second-order valence-electron chi connectivity index (χ2n) is 6.55. The first kappa shape index (κ1) is 13.8. The summed E-state index contributed by atoms with van der Waals surface area (Å²) < 4.78 is 11.5. The first-order valence-electron chi connectivity index (χ1n) is 8.17. The molecule has 1 saturated heterocycles. The van der Waals surface area contributed by atoms with Gasteiger partial charge in [0.15, 0.2) is 0 Å². The number of carbonyl (C=O) groups is 1. The summed E-state index contributed by atoms with van der Waals surface area (Å²) in [5.41, 5.74) is 1.41. The lowest BCUT2D eigenvalue weighted by Crippen LogP contribution is -2.47. The van der Waals surface area contributed by atoms with Crippen LogP contribution in [0, 0.1) is 0 Å². The van der Waals surface area contributed by atoms with Gasteiger partial charge in [0.1, 0.15) is 11.8 Å². The van der Waals surface area contributed by atoms with E-state index < -0.39 is 0 Å². The molecule has 1 aromatic carbocycles. The molecular weight excluding hydrogens is 278 g/mol. The first-order chi connectivity index (χ1) is 10.8. The van der Waals surface area contributed by atoms with Gasteiger partial charge in [0.2, 0.25) is 0 Å². The standard InChI is InChI=1S/C18H21NO3/c20-17(15-12-21-16-6-2-1-5-14(15)16)19-13-7-10-22-18(11-13)8-3-4-9-18/h1-2,5-6,12-13H,3-4,7-11H2,(H,19,20). The van der Waals surface area contributed by atoms with Crippen molar-refractivity contribution in [3.05, 3.63) is 36.1 Å². The van der Waals surface area contributed by atoms with Crippen molar-refractivity contribution in [3.8, 4) is 0 Å². The first-order valence-corrected chi connectivity index (χ1v) is 8.17. The van der Waals surface area contributed by atoms with E-state index in [0.717, 1.165) is 43.3 Å². The predicted octanol–water partition coefficient (Wildman–Crippen LogP) is 3.65. The number of furan rings is 1. The number of carbonyl (C=O) groups excluding carboxylic acids is 1. The Kier molecular flexibility index (Phi) is 3.41. The van der Waals surface area contributed by atoms with Crippen molar-refractivity contribution in [2.45, 2.75) is 50.2 Å². The third-order valence-corrected chi connectivity index (χ3v) is 5.07. The van der Waals surface area contributed by atoms with Crippen molar-refractivity contribution in [1.29, 1.82) is 0 Å². The predicted molar refractivity (Wildman–Crippen MR) is 83.9 cm³/mol. The number of amides is 1. The molecule has 1 saturated carbocycles. The van der Waals surface area contributed by atoms with Crippen LogP contribution in [0.4, 0.5) is 0 Å². The van der Waals surface area contributed by atoms with Crippen LogP contribution in [-0.4, -0.2) is 24.2 Å². The Morgan fingerprint density at radius 2 is 2.05 bits per heavy atom. The van der Waals surface area contributed by atoms with Gasteiger partial charge >= 0.3 is 0 Å². The third kappa shape index (κ3) is 2.41. The molecule has 0 radical (unpaired) electrons. The van der Waals surface area contributed by atoms with Crippen LogP contribution < -0.4 is 5.32 Å². The van der Waals surface area contributed by atoms with Gasteiger partial charge in [-0.3, -0.25) is 4.79 Å². The Balaban J connectivity index is 1.49. The zero-order valence-corrected chi connectivity index (χ0v) is 12.6. The van der Waals surface area contributed by atoms with Crippen molar-refractivity contribution in [2.24, 2.45) is 0 Å². The molecule has 2 aliphatic rings. The van der Waals surface area contributed by atoms with Gasteiger partial charge in [-0.05, 0) is 31.7 Å². The van der Waals surface area contributed by atoms with Crippen LogP contribution >= 0.6 is 0 Å². The Morgan fingerprint density at radius 1 is 1.23 bits per heavy atom. The number of para-hydroxylation sites is 1. The summed E-state index contributed by atoms with van der Waals surface area (Å²) in [5, 5.41) is 4.06. The van der Waals surface area contributed by atoms with Gasteiger partial charge in [0.05, 0.1) is 11.2 Å². The highest BCUT2D eigenvalue weighted by atomic mass is 16.5. The summed E-state index contributed by atoms with van der Waals surface area (Å²) in [6, 6.07) is 7.85. The number of ether oxygens (including phenoxy) is 1. The van der Waals surface area contributed by atoms with E-state index in [-0.39, 0.29) is 17.6 Å². The lowest BCUT2D eigenvalue weighted by Gasteiger charge is -2.38. The average Bonchev–Trinajstić information content (AvgIpc) is 3.14. The minimum atomic E-state index is -0.0370. The normalized spacial score (nSPS) is 23.9. The third-order valence-electron chi connectivity index (χ3n) is 5.07. The number of benzene rings is 1. The largest absolute Gasteiger partial charge is 0.463 e. The zero-order valence-electron chi connectivity index (χ0n) is 12.6. The van der Waals surface area contributed by atoms with E-state index in [4.69, 9.17) is 9.15 Å². The van der Waals surface area contributed by atoms with E-state index in [1.807, 2.05) is 24.3 Å². The molecule has 1 aliphatic carbocycles. The molecule has 0 bridgehead atoms. The quantitative estimate of drug-likeness (QED) is 0.920. The van der Waals surface area contributed by atoms with E-state index in [1.165, 1.54) is 12.8 Å². The summed E-state index contributed by atoms with van der Waals surface area (Å²) in [6.45, 7) is 0.747. The topological polar surface area (TPSA) is 51.5 Å². The molecule has 4 rings (SSSR count). The maximum Gasteiger partial charge on any atom is 0.255 e. The van der Waals surface area contributed by atoms with Crippen molar-refractivity contribution in [1.82, 2.24) is 5.32 Å². The summed E-state index contributed by atoms with van der Waals surface area (Å²) in [7, 11) is 0. The highest BCUT2D eigenvalue weighted by molar-refractivity contribution is 6.05. The minimum Gasteiger partial charge on any atom is -0.463 e. The summed E-state index contributed by atoms with van der Waals surface area (Å²) in [4.78, 5) is 12.6. The van der Waals surface area contributed by atoms with E-state index >= 15 is 0 Å². The Bertz CT molecular complexity index is 684. The van der Waals surface area contributed by atoms with Crippen molar-refractivity contribution < 1.29 is 13.9 Å². The number of rotatable bonds is 2. The van der Waals surface area contributed by atoms with Gasteiger partial charge in [-0.1, -0.05) is 31.0 Å². The summed E-state index contributed by atoms with van der Waals surface area (Å²) in [5.74, 6) is -0.0370.